The van der Waals surface area contributed by atoms with Crippen molar-refractivity contribution in [2.45, 2.75) is 0 Å². The van der Waals surface area contributed by atoms with E-state index in [0.29, 0.717) is 17.0 Å². The molecule has 31 heavy (non-hydrogen) atoms. The molecule has 0 bridgehead atoms. The van der Waals surface area contributed by atoms with Crippen LogP contribution in [0.1, 0.15) is 5.56 Å². The van der Waals surface area contributed by atoms with Crippen molar-refractivity contribution >= 4 is 56.3 Å². The highest BCUT2D eigenvalue weighted by molar-refractivity contribution is 9.10. The van der Waals surface area contributed by atoms with Crippen molar-refractivity contribution in [2.75, 3.05) is 11.5 Å². The topological polar surface area (TPSA) is 75.7 Å². The van der Waals surface area contributed by atoms with Crippen molar-refractivity contribution in [1.82, 2.24) is 5.32 Å². The molecule has 0 aromatic heterocycles. The molecule has 1 N–H and O–H groups in total. The lowest BCUT2D eigenvalue weighted by molar-refractivity contribution is -0.122. The summed E-state index contributed by atoms with van der Waals surface area (Å²) in [5, 5.41) is 3.85. The summed E-state index contributed by atoms with van der Waals surface area (Å²) in [4.78, 5) is 39.5. The molecule has 3 aromatic carbocycles. The Hall–Kier alpha value is -3.71. The van der Waals surface area contributed by atoms with Gasteiger partial charge < -0.3 is 4.74 Å². The molecule has 3 aromatic rings. The first-order chi connectivity index (χ1) is 15.0. The Morgan fingerprint density at radius 1 is 1.03 bits per heavy atom. The van der Waals surface area contributed by atoms with E-state index in [1.807, 2.05) is 30.3 Å². The first-order valence-corrected chi connectivity index (χ1v) is 10.2. The molecular weight excluding hydrogens is 460 g/mol. The zero-order valence-electron chi connectivity index (χ0n) is 16.3. The number of hydrogen-bond donors (Lipinski definition) is 1. The lowest BCUT2D eigenvalue weighted by atomic mass is 10.0. The van der Waals surface area contributed by atoms with Gasteiger partial charge in [0.05, 0.1) is 5.69 Å². The summed E-state index contributed by atoms with van der Waals surface area (Å²) in [5.74, 6) is -0.995. The van der Waals surface area contributed by atoms with Gasteiger partial charge in [0.2, 0.25) is 0 Å². The Labute approximate surface area is 186 Å². The summed E-state index contributed by atoms with van der Waals surface area (Å²) in [7, 11) is 0. The minimum absolute atomic E-state index is 0.172. The van der Waals surface area contributed by atoms with Crippen LogP contribution in [0.4, 0.5) is 10.5 Å². The zero-order valence-corrected chi connectivity index (χ0v) is 17.9. The SMILES string of the molecule is C=CCOc1ccc(Br)cc1/C=C1/C(=O)NC(=O)N(c2cccc3ccccc23)C1=O. The van der Waals surface area contributed by atoms with Crippen molar-refractivity contribution in [3.05, 3.63) is 88.9 Å². The summed E-state index contributed by atoms with van der Waals surface area (Å²) in [6, 6.07) is 17.2. The summed E-state index contributed by atoms with van der Waals surface area (Å²) < 4.78 is 6.38. The number of benzene rings is 3. The highest BCUT2D eigenvalue weighted by Gasteiger charge is 2.37. The third-order valence-corrected chi connectivity index (χ3v) is 5.23. The van der Waals surface area contributed by atoms with Gasteiger partial charge in [0.1, 0.15) is 17.9 Å². The first-order valence-electron chi connectivity index (χ1n) is 9.42. The van der Waals surface area contributed by atoms with Crippen LogP contribution in [-0.4, -0.2) is 24.5 Å². The van der Waals surface area contributed by atoms with E-state index in [-0.39, 0.29) is 12.2 Å². The van der Waals surface area contributed by atoms with Gasteiger partial charge in [-0.3, -0.25) is 14.9 Å². The molecular formula is C24H17BrN2O4. The van der Waals surface area contributed by atoms with Crippen LogP contribution < -0.4 is 15.0 Å². The fraction of sp³-hybridized carbons (Fsp3) is 0.0417. The van der Waals surface area contributed by atoms with Gasteiger partial charge in [-0.2, -0.15) is 0 Å². The maximum absolute atomic E-state index is 13.3. The average molecular weight is 477 g/mol. The van der Waals surface area contributed by atoms with Crippen LogP contribution in [0, 0.1) is 0 Å². The predicted octanol–water partition coefficient (Wildman–Crippen LogP) is 4.83. The quantitative estimate of drug-likeness (QED) is 0.325. The van der Waals surface area contributed by atoms with Crippen LogP contribution in [0.2, 0.25) is 0 Å². The Bertz CT molecular complexity index is 1260. The number of amides is 4. The molecule has 0 unspecified atom stereocenters. The van der Waals surface area contributed by atoms with E-state index in [9.17, 15) is 14.4 Å². The van der Waals surface area contributed by atoms with Gasteiger partial charge in [0.15, 0.2) is 0 Å². The number of fused-ring (bicyclic) bond motifs is 1. The molecule has 154 valence electrons. The number of urea groups is 1. The Balaban J connectivity index is 1.81. The number of imide groups is 2. The maximum Gasteiger partial charge on any atom is 0.335 e. The van der Waals surface area contributed by atoms with E-state index in [4.69, 9.17) is 4.74 Å². The molecule has 1 saturated heterocycles. The highest BCUT2D eigenvalue weighted by atomic mass is 79.9. The van der Waals surface area contributed by atoms with Gasteiger partial charge in [0.25, 0.3) is 11.8 Å². The fourth-order valence-electron chi connectivity index (χ4n) is 3.35. The number of carbonyl (C=O) groups excluding carboxylic acids is 3. The van der Waals surface area contributed by atoms with Gasteiger partial charge in [-0.15, -0.1) is 0 Å². The second-order valence-corrected chi connectivity index (χ2v) is 7.65. The van der Waals surface area contributed by atoms with Crippen LogP contribution in [0.25, 0.3) is 16.8 Å². The Morgan fingerprint density at radius 2 is 1.81 bits per heavy atom. The lowest BCUT2D eigenvalue weighted by Gasteiger charge is -2.27. The molecule has 1 heterocycles. The highest BCUT2D eigenvalue weighted by Crippen LogP contribution is 2.31. The Kier molecular flexibility index (Phi) is 5.68. The summed E-state index contributed by atoms with van der Waals surface area (Å²) >= 11 is 3.39. The molecule has 0 aliphatic carbocycles. The van der Waals surface area contributed by atoms with Crippen LogP contribution in [0.5, 0.6) is 5.75 Å². The van der Waals surface area contributed by atoms with Crippen molar-refractivity contribution in [3.8, 4) is 5.75 Å². The molecule has 0 atom stereocenters. The summed E-state index contributed by atoms with van der Waals surface area (Å²) in [6.45, 7) is 3.89. The van der Waals surface area contributed by atoms with Gasteiger partial charge in [-0.1, -0.05) is 65.0 Å². The van der Waals surface area contributed by atoms with Gasteiger partial charge in [-0.25, -0.2) is 9.69 Å². The van der Waals surface area contributed by atoms with Crippen LogP contribution in [-0.2, 0) is 9.59 Å². The molecule has 0 radical (unpaired) electrons. The first kappa shape index (κ1) is 20.6. The minimum Gasteiger partial charge on any atom is -0.489 e. The third-order valence-electron chi connectivity index (χ3n) is 4.74. The molecule has 0 saturated carbocycles. The summed E-state index contributed by atoms with van der Waals surface area (Å²) in [6.07, 6.45) is 3.02. The van der Waals surface area contributed by atoms with E-state index in [1.54, 1.807) is 36.4 Å². The number of nitrogens with one attached hydrogen (secondary N) is 1. The van der Waals surface area contributed by atoms with Crippen LogP contribution >= 0.6 is 15.9 Å². The number of anilines is 1. The summed E-state index contributed by atoms with van der Waals surface area (Å²) in [5.41, 5.74) is 0.743. The number of ether oxygens (including phenoxy) is 1. The standard InChI is InChI=1S/C24H17BrN2O4/c1-2-12-31-21-11-10-17(25)13-16(21)14-19-22(28)26-24(30)27(23(19)29)20-9-5-7-15-6-3-4-8-18(15)20/h2-11,13-14H,1,12H2,(H,26,28,30)/b19-14-. The van der Waals surface area contributed by atoms with E-state index < -0.39 is 17.8 Å². The number of barbiturate groups is 1. The van der Waals surface area contributed by atoms with Crippen molar-refractivity contribution < 1.29 is 19.1 Å². The molecule has 1 fully saturated rings. The number of hydrogen-bond acceptors (Lipinski definition) is 4. The largest absolute Gasteiger partial charge is 0.489 e. The van der Waals surface area contributed by atoms with Crippen molar-refractivity contribution in [1.29, 1.82) is 0 Å². The molecule has 4 amide bonds. The van der Waals surface area contributed by atoms with E-state index in [1.165, 1.54) is 6.08 Å². The predicted molar refractivity (Wildman–Crippen MR) is 123 cm³/mol. The average Bonchev–Trinajstić information content (AvgIpc) is 2.76. The minimum atomic E-state index is -0.791. The molecule has 7 heteroatoms. The van der Waals surface area contributed by atoms with Crippen LogP contribution in [0.15, 0.2) is 83.4 Å². The number of rotatable bonds is 5. The number of nitrogens with zero attached hydrogens (tertiary/aromatic N) is 1. The molecule has 4 rings (SSSR count). The maximum atomic E-state index is 13.3. The molecule has 0 spiro atoms. The zero-order chi connectivity index (χ0) is 22.0. The van der Waals surface area contributed by atoms with Crippen molar-refractivity contribution in [2.24, 2.45) is 0 Å². The van der Waals surface area contributed by atoms with Gasteiger partial charge in [0, 0.05) is 15.4 Å². The van der Waals surface area contributed by atoms with Gasteiger partial charge in [-0.05, 0) is 35.7 Å². The second-order valence-electron chi connectivity index (χ2n) is 6.74. The molecule has 6 nitrogen and oxygen atoms in total. The molecule has 1 aliphatic heterocycles. The van der Waals surface area contributed by atoms with E-state index in [0.717, 1.165) is 20.1 Å². The molecule has 1 aliphatic rings. The fourth-order valence-corrected chi connectivity index (χ4v) is 3.73. The van der Waals surface area contributed by atoms with Crippen LogP contribution in [0.3, 0.4) is 0 Å². The normalized spacial score (nSPS) is 15.3. The number of carbonyl (C=O) groups is 3. The number of halogens is 1. The van der Waals surface area contributed by atoms with E-state index >= 15 is 0 Å². The Morgan fingerprint density at radius 3 is 2.61 bits per heavy atom. The van der Waals surface area contributed by atoms with Gasteiger partial charge >= 0.3 is 6.03 Å². The van der Waals surface area contributed by atoms with Crippen molar-refractivity contribution in [3.63, 3.8) is 0 Å². The third kappa shape index (κ3) is 4.00. The second kappa shape index (κ2) is 8.57. The monoisotopic (exact) mass is 476 g/mol. The lowest BCUT2D eigenvalue weighted by Crippen LogP contribution is -2.54. The van der Waals surface area contributed by atoms with E-state index in [2.05, 4.69) is 27.8 Å². The smallest absolute Gasteiger partial charge is 0.335 e.